The van der Waals surface area contributed by atoms with Crippen LogP contribution in [0.3, 0.4) is 0 Å². The lowest BCUT2D eigenvalue weighted by Gasteiger charge is -2.13. The molecule has 0 bridgehead atoms. The maximum Gasteiger partial charge on any atom is 0.272 e. The molecule has 3 rings (SSSR count). The number of nitrogens with one attached hydrogen (secondary N) is 1. The minimum absolute atomic E-state index is 0.219. The van der Waals surface area contributed by atoms with Crippen molar-refractivity contribution in [1.82, 2.24) is 0 Å². The molecule has 1 aliphatic rings. The molecular weight excluding hydrogens is 324 g/mol. The van der Waals surface area contributed by atoms with Gasteiger partial charge in [-0.05, 0) is 38.1 Å². The first kappa shape index (κ1) is 16.3. The van der Waals surface area contributed by atoms with Crippen LogP contribution in [0.2, 0.25) is 0 Å². The van der Waals surface area contributed by atoms with Crippen molar-refractivity contribution in [3.05, 3.63) is 70.8 Å². The third-order valence-electron chi connectivity index (χ3n) is 3.86. The van der Waals surface area contributed by atoms with Crippen LogP contribution in [-0.4, -0.2) is 20.2 Å². The fraction of sp³-hybridized carbons (Fsp3) is 0.167. The molecule has 5 nitrogen and oxygen atoms in total. The van der Waals surface area contributed by atoms with E-state index in [1.54, 1.807) is 12.1 Å². The summed E-state index contributed by atoms with van der Waals surface area (Å²) in [4.78, 5) is 13.6. The van der Waals surface area contributed by atoms with Gasteiger partial charge in [0.15, 0.2) is 0 Å². The van der Waals surface area contributed by atoms with Gasteiger partial charge in [-0.3, -0.25) is 9.69 Å². The number of sulfone groups is 1. The number of nitrogens with zero attached hydrogens (tertiary/aromatic N) is 1. The van der Waals surface area contributed by atoms with E-state index in [0.29, 0.717) is 5.69 Å². The standard InChI is InChI=1S/C18H18N2O3S/c1-13-3-7-15(8-4-13)19-11-17-18(21)20(12-24(17,22)23)16-9-5-14(2)6-10-16/h3-11,19H,12H2,1-2H3/b17-11+. The fourth-order valence-corrected chi connectivity index (χ4v) is 3.79. The van der Waals surface area contributed by atoms with Crippen LogP contribution in [0.25, 0.3) is 0 Å². The maximum absolute atomic E-state index is 12.5. The Kier molecular flexibility index (Phi) is 4.15. The van der Waals surface area contributed by atoms with Gasteiger partial charge in [0.05, 0.1) is 0 Å². The summed E-state index contributed by atoms with van der Waals surface area (Å²) in [5.74, 6) is -0.852. The Bertz CT molecular complexity index is 898. The molecule has 0 atom stereocenters. The second kappa shape index (κ2) is 6.13. The molecule has 1 aliphatic heterocycles. The molecule has 1 saturated heterocycles. The normalized spacial score (nSPS) is 18.2. The van der Waals surface area contributed by atoms with Crippen molar-refractivity contribution in [3.63, 3.8) is 0 Å². The molecule has 2 aromatic rings. The Hall–Kier alpha value is -2.60. The second-order valence-corrected chi connectivity index (χ2v) is 7.76. The van der Waals surface area contributed by atoms with Gasteiger partial charge >= 0.3 is 0 Å². The monoisotopic (exact) mass is 342 g/mol. The summed E-state index contributed by atoms with van der Waals surface area (Å²) in [7, 11) is -3.65. The zero-order valence-electron chi connectivity index (χ0n) is 13.5. The fourth-order valence-electron chi connectivity index (χ4n) is 2.43. The van der Waals surface area contributed by atoms with Crippen LogP contribution in [0.5, 0.6) is 0 Å². The molecule has 124 valence electrons. The van der Waals surface area contributed by atoms with Gasteiger partial charge in [-0.2, -0.15) is 0 Å². The van der Waals surface area contributed by atoms with Crippen molar-refractivity contribution in [3.8, 4) is 0 Å². The Morgan fingerprint density at radius 2 is 1.50 bits per heavy atom. The Balaban J connectivity index is 1.87. The van der Waals surface area contributed by atoms with Crippen LogP contribution in [0.4, 0.5) is 11.4 Å². The summed E-state index contributed by atoms with van der Waals surface area (Å²) >= 11 is 0. The average Bonchev–Trinajstić information content (AvgIpc) is 2.77. The summed E-state index contributed by atoms with van der Waals surface area (Å²) in [6.45, 7) is 3.90. The van der Waals surface area contributed by atoms with E-state index in [2.05, 4.69) is 5.32 Å². The lowest BCUT2D eigenvalue weighted by molar-refractivity contribution is -0.114. The van der Waals surface area contributed by atoms with Crippen LogP contribution in [0.1, 0.15) is 11.1 Å². The van der Waals surface area contributed by atoms with Gasteiger partial charge in [0.2, 0.25) is 9.84 Å². The number of hydrogen-bond donors (Lipinski definition) is 1. The molecule has 1 N–H and O–H groups in total. The number of carbonyl (C=O) groups excluding carboxylic acids is 1. The van der Waals surface area contributed by atoms with Crippen LogP contribution >= 0.6 is 0 Å². The lowest BCUT2D eigenvalue weighted by atomic mass is 10.2. The molecule has 0 spiro atoms. The van der Waals surface area contributed by atoms with Gasteiger partial charge in [-0.15, -0.1) is 0 Å². The molecular formula is C18H18N2O3S. The maximum atomic E-state index is 12.5. The molecule has 1 heterocycles. The summed E-state index contributed by atoms with van der Waals surface area (Å²) in [6, 6.07) is 14.7. The van der Waals surface area contributed by atoms with Gasteiger partial charge in [0.25, 0.3) is 5.91 Å². The van der Waals surface area contributed by atoms with Crippen molar-refractivity contribution in [2.75, 3.05) is 16.1 Å². The summed E-state index contributed by atoms with van der Waals surface area (Å²) in [6.07, 6.45) is 1.27. The number of benzene rings is 2. The van der Waals surface area contributed by atoms with E-state index in [1.807, 2.05) is 50.2 Å². The number of anilines is 2. The summed E-state index contributed by atoms with van der Waals surface area (Å²) in [5.41, 5.74) is 3.45. The van der Waals surface area contributed by atoms with E-state index < -0.39 is 15.7 Å². The molecule has 0 unspecified atom stereocenters. The molecule has 0 aliphatic carbocycles. The van der Waals surface area contributed by atoms with Crippen LogP contribution in [0, 0.1) is 13.8 Å². The quantitative estimate of drug-likeness (QED) is 0.871. The third-order valence-corrected chi connectivity index (χ3v) is 5.42. The molecule has 0 aromatic heterocycles. The summed E-state index contributed by atoms with van der Waals surface area (Å²) in [5, 5.41) is 2.89. The number of hydrogen-bond acceptors (Lipinski definition) is 4. The van der Waals surface area contributed by atoms with Gasteiger partial charge in [-0.25, -0.2) is 8.42 Å². The van der Waals surface area contributed by atoms with Gasteiger partial charge in [0.1, 0.15) is 10.8 Å². The molecule has 0 saturated carbocycles. The van der Waals surface area contributed by atoms with Crippen LogP contribution in [0.15, 0.2) is 59.6 Å². The van der Waals surface area contributed by atoms with Crippen molar-refractivity contribution in [2.45, 2.75) is 13.8 Å². The zero-order valence-corrected chi connectivity index (χ0v) is 14.3. The molecule has 6 heteroatoms. The highest BCUT2D eigenvalue weighted by molar-refractivity contribution is 7.97. The molecule has 2 aromatic carbocycles. The minimum Gasteiger partial charge on any atom is -0.360 e. The second-order valence-electron chi connectivity index (χ2n) is 5.83. The van der Waals surface area contributed by atoms with Crippen molar-refractivity contribution in [2.24, 2.45) is 0 Å². The zero-order chi connectivity index (χ0) is 17.3. The largest absolute Gasteiger partial charge is 0.360 e. The number of aryl methyl sites for hydroxylation is 2. The van der Waals surface area contributed by atoms with Gasteiger partial charge in [-0.1, -0.05) is 35.4 Å². The average molecular weight is 342 g/mol. The third kappa shape index (κ3) is 3.19. The topological polar surface area (TPSA) is 66.5 Å². The Morgan fingerprint density at radius 3 is 2.08 bits per heavy atom. The van der Waals surface area contributed by atoms with Crippen LogP contribution < -0.4 is 10.2 Å². The SMILES string of the molecule is Cc1ccc(N/C=C2\C(=O)N(c3ccc(C)cc3)CS2(=O)=O)cc1. The lowest BCUT2D eigenvalue weighted by Crippen LogP contribution is -2.24. The van der Waals surface area contributed by atoms with E-state index in [4.69, 9.17) is 0 Å². The van der Waals surface area contributed by atoms with E-state index in [1.165, 1.54) is 11.1 Å². The number of amides is 1. The van der Waals surface area contributed by atoms with E-state index in [-0.39, 0.29) is 10.8 Å². The highest BCUT2D eigenvalue weighted by Gasteiger charge is 2.40. The highest BCUT2D eigenvalue weighted by Crippen LogP contribution is 2.28. The van der Waals surface area contributed by atoms with Crippen molar-refractivity contribution in [1.29, 1.82) is 0 Å². The van der Waals surface area contributed by atoms with Crippen molar-refractivity contribution < 1.29 is 13.2 Å². The Morgan fingerprint density at radius 1 is 0.958 bits per heavy atom. The van der Waals surface area contributed by atoms with Gasteiger partial charge < -0.3 is 5.32 Å². The first-order valence-electron chi connectivity index (χ1n) is 7.51. The first-order chi connectivity index (χ1) is 11.4. The van der Waals surface area contributed by atoms with E-state index >= 15 is 0 Å². The van der Waals surface area contributed by atoms with Gasteiger partial charge in [0, 0.05) is 17.6 Å². The minimum atomic E-state index is -3.65. The predicted octanol–water partition coefficient (Wildman–Crippen LogP) is 2.98. The van der Waals surface area contributed by atoms with E-state index in [0.717, 1.165) is 16.8 Å². The number of carbonyl (C=O) groups is 1. The van der Waals surface area contributed by atoms with Crippen molar-refractivity contribution >= 4 is 27.1 Å². The highest BCUT2D eigenvalue weighted by atomic mass is 32.2. The molecule has 1 fully saturated rings. The molecule has 1 amide bonds. The van der Waals surface area contributed by atoms with E-state index in [9.17, 15) is 13.2 Å². The first-order valence-corrected chi connectivity index (χ1v) is 9.17. The smallest absolute Gasteiger partial charge is 0.272 e. The summed E-state index contributed by atoms with van der Waals surface area (Å²) < 4.78 is 24.7. The molecule has 0 radical (unpaired) electrons. The Labute approximate surface area is 141 Å². The van der Waals surface area contributed by atoms with Crippen LogP contribution in [-0.2, 0) is 14.6 Å². The molecule has 24 heavy (non-hydrogen) atoms. The number of rotatable bonds is 3. The predicted molar refractivity (Wildman–Crippen MR) is 95.3 cm³/mol.